The summed E-state index contributed by atoms with van der Waals surface area (Å²) in [6.45, 7) is 1.70. The molecule has 3 heteroatoms. The average Bonchev–Trinajstić information content (AvgIpc) is 1.88. The van der Waals surface area contributed by atoms with E-state index in [1.165, 1.54) is 0 Å². The SMILES string of the molecule is CCc1c(F)cncc1F. The first-order chi connectivity index (χ1) is 4.75. The summed E-state index contributed by atoms with van der Waals surface area (Å²) in [5, 5.41) is 0. The maximum absolute atomic E-state index is 12.5. The maximum atomic E-state index is 12.5. The van der Waals surface area contributed by atoms with Gasteiger partial charge in [0.1, 0.15) is 11.6 Å². The number of pyridine rings is 1. The molecule has 0 saturated carbocycles. The average molecular weight is 143 g/mol. The zero-order chi connectivity index (χ0) is 7.56. The summed E-state index contributed by atoms with van der Waals surface area (Å²) in [5.74, 6) is -1.13. The van der Waals surface area contributed by atoms with Crippen molar-refractivity contribution in [3.63, 3.8) is 0 Å². The predicted octanol–water partition coefficient (Wildman–Crippen LogP) is 1.92. The molecule has 0 bridgehead atoms. The smallest absolute Gasteiger partial charge is 0.147 e. The molecule has 1 aromatic heterocycles. The Hall–Kier alpha value is -0.990. The second-order valence-electron chi connectivity index (χ2n) is 1.94. The van der Waals surface area contributed by atoms with E-state index < -0.39 is 11.6 Å². The van der Waals surface area contributed by atoms with Crippen molar-refractivity contribution in [1.29, 1.82) is 0 Å². The second kappa shape index (κ2) is 2.73. The fraction of sp³-hybridized carbons (Fsp3) is 0.286. The molecule has 0 N–H and O–H groups in total. The van der Waals surface area contributed by atoms with Crippen molar-refractivity contribution in [2.75, 3.05) is 0 Å². The summed E-state index contributed by atoms with van der Waals surface area (Å²) in [6.07, 6.45) is 2.39. The molecule has 0 aliphatic heterocycles. The van der Waals surface area contributed by atoms with Crippen molar-refractivity contribution in [2.24, 2.45) is 0 Å². The van der Waals surface area contributed by atoms with Crippen LogP contribution >= 0.6 is 0 Å². The van der Waals surface area contributed by atoms with E-state index in [0.717, 1.165) is 12.4 Å². The Labute approximate surface area is 57.7 Å². The van der Waals surface area contributed by atoms with Gasteiger partial charge < -0.3 is 0 Å². The van der Waals surface area contributed by atoms with Crippen LogP contribution in [0.1, 0.15) is 12.5 Å². The van der Waals surface area contributed by atoms with Crippen LogP contribution in [0.25, 0.3) is 0 Å². The third-order valence-electron chi connectivity index (χ3n) is 1.31. The maximum Gasteiger partial charge on any atom is 0.147 e. The molecule has 0 spiro atoms. The van der Waals surface area contributed by atoms with Gasteiger partial charge in [-0.05, 0) is 6.42 Å². The van der Waals surface area contributed by atoms with E-state index >= 15 is 0 Å². The Morgan fingerprint density at radius 3 is 2.10 bits per heavy atom. The van der Waals surface area contributed by atoms with Gasteiger partial charge in [-0.25, -0.2) is 8.78 Å². The lowest BCUT2D eigenvalue weighted by Crippen LogP contribution is -1.93. The fourth-order valence-electron chi connectivity index (χ4n) is 0.776. The lowest BCUT2D eigenvalue weighted by atomic mass is 10.2. The largest absolute Gasteiger partial charge is 0.259 e. The topological polar surface area (TPSA) is 12.9 Å². The van der Waals surface area contributed by atoms with Crippen LogP contribution in [0.2, 0.25) is 0 Å². The van der Waals surface area contributed by atoms with Crippen LogP contribution in [0.3, 0.4) is 0 Å². The van der Waals surface area contributed by atoms with Gasteiger partial charge in [0.25, 0.3) is 0 Å². The van der Waals surface area contributed by atoms with E-state index in [2.05, 4.69) is 4.98 Å². The van der Waals surface area contributed by atoms with Crippen molar-refractivity contribution in [1.82, 2.24) is 4.98 Å². The molecule has 1 nitrogen and oxygen atoms in total. The summed E-state index contributed by atoms with van der Waals surface area (Å²) >= 11 is 0. The molecule has 0 aliphatic carbocycles. The van der Waals surface area contributed by atoms with Gasteiger partial charge in [0.15, 0.2) is 0 Å². The number of hydrogen-bond donors (Lipinski definition) is 0. The summed E-state index contributed by atoms with van der Waals surface area (Å²) in [4.78, 5) is 3.34. The molecule has 0 unspecified atom stereocenters. The standard InChI is InChI=1S/C7H7F2N/c1-2-5-6(8)3-10-4-7(5)9/h3-4H,2H2,1H3. The molecule has 0 aromatic carbocycles. The lowest BCUT2D eigenvalue weighted by Gasteiger charge is -1.97. The summed E-state index contributed by atoms with van der Waals surface area (Å²) in [5.41, 5.74) is 0.106. The molecule has 10 heavy (non-hydrogen) atoms. The van der Waals surface area contributed by atoms with Gasteiger partial charge in [-0.15, -0.1) is 0 Å². The zero-order valence-corrected chi connectivity index (χ0v) is 5.56. The predicted molar refractivity (Wildman–Crippen MR) is 33.5 cm³/mol. The number of nitrogens with zero attached hydrogens (tertiary/aromatic N) is 1. The molecule has 54 valence electrons. The highest BCUT2D eigenvalue weighted by atomic mass is 19.1. The van der Waals surface area contributed by atoms with Crippen LogP contribution in [0, 0.1) is 11.6 Å². The number of rotatable bonds is 1. The van der Waals surface area contributed by atoms with Crippen molar-refractivity contribution in [3.8, 4) is 0 Å². The molecule has 0 atom stereocenters. The minimum Gasteiger partial charge on any atom is -0.259 e. The van der Waals surface area contributed by atoms with Gasteiger partial charge in [-0.3, -0.25) is 4.98 Å². The summed E-state index contributed by atoms with van der Waals surface area (Å²) in [6, 6.07) is 0. The van der Waals surface area contributed by atoms with E-state index in [0.29, 0.717) is 6.42 Å². The van der Waals surface area contributed by atoms with Crippen LogP contribution in [-0.2, 0) is 6.42 Å². The normalized spacial score (nSPS) is 9.90. The molecule has 0 saturated heterocycles. The van der Waals surface area contributed by atoms with Crippen LogP contribution in [0.15, 0.2) is 12.4 Å². The Bertz CT molecular complexity index is 215. The highest BCUT2D eigenvalue weighted by Gasteiger charge is 2.04. The number of halogens is 2. The molecular formula is C7H7F2N. The molecule has 0 fully saturated rings. The molecule has 1 heterocycles. The van der Waals surface area contributed by atoms with Crippen LogP contribution in [0.4, 0.5) is 8.78 Å². The van der Waals surface area contributed by atoms with E-state index in [9.17, 15) is 8.78 Å². The van der Waals surface area contributed by atoms with Gasteiger partial charge in [0.2, 0.25) is 0 Å². The summed E-state index contributed by atoms with van der Waals surface area (Å²) in [7, 11) is 0. The Morgan fingerprint density at radius 1 is 1.30 bits per heavy atom. The fourth-order valence-corrected chi connectivity index (χ4v) is 0.776. The Morgan fingerprint density at radius 2 is 1.80 bits per heavy atom. The second-order valence-corrected chi connectivity index (χ2v) is 1.94. The Balaban J connectivity index is 3.17. The van der Waals surface area contributed by atoms with Gasteiger partial charge >= 0.3 is 0 Å². The number of hydrogen-bond acceptors (Lipinski definition) is 1. The van der Waals surface area contributed by atoms with Crippen molar-refractivity contribution in [2.45, 2.75) is 13.3 Å². The highest BCUT2D eigenvalue weighted by Crippen LogP contribution is 2.09. The minimum atomic E-state index is -0.567. The van der Waals surface area contributed by atoms with Crippen LogP contribution in [-0.4, -0.2) is 4.98 Å². The van der Waals surface area contributed by atoms with Gasteiger partial charge in [-0.1, -0.05) is 6.92 Å². The molecular weight excluding hydrogens is 136 g/mol. The van der Waals surface area contributed by atoms with Gasteiger partial charge in [0, 0.05) is 5.56 Å². The molecule has 0 aliphatic rings. The minimum absolute atomic E-state index is 0.106. The van der Waals surface area contributed by atoms with Crippen LogP contribution < -0.4 is 0 Å². The first-order valence-electron chi connectivity index (χ1n) is 3.03. The Kier molecular flexibility index (Phi) is 1.94. The number of aromatic nitrogens is 1. The zero-order valence-electron chi connectivity index (χ0n) is 5.56. The van der Waals surface area contributed by atoms with Crippen molar-refractivity contribution in [3.05, 3.63) is 29.6 Å². The van der Waals surface area contributed by atoms with E-state index in [4.69, 9.17) is 0 Å². The van der Waals surface area contributed by atoms with Crippen molar-refractivity contribution >= 4 is 0 Å². The third-order valence-corrected chi connectivity index (χ3v) is 1.31. The lowest BCUT2D eigenvalue weighted by molar-refractivity contribution is 0.549. The highest BCUT2D eigenvalue weighted by molar-refractivity contribution is 5.14. The first-order valence-corrected chi connectivity index (χ1v) is 3.03. The van der Waals surface area contributed by atoms with Crippen LogP contribution in [0.5, 0.6) is 0 Å². The summed E-state index contributed by atoms with van der Waals surface area (Å²) < 4.78 is 25.1. The van der Waals surface area contributed by atoms with E-state index in [1.54, 1.807) is 6.92 Å². The van der Waals surface area contributed by atoms with E-state index in [1.807, 2.05) is 0 Å². The molecule has 1 aromatic rings. The third kappa shape index (κ3) is 1.12. The van der Waals surface area contributed by atoms with Gasteiger partial charge in [0.05, 0.1) is 12.4 Å². The molecule has 0 amide bonds. The monoisotopic (exact) mass is 143 g/mol. The molecule has 0 radical (unpaired) electrons. The van der Waals surface area contributed by atoms with Gasteiger partial charge in [-0.2, -0.15) is 0 Å². The van der Waals surface area contributed by atoms with Crippen molar-refractivity contribution < 1.29 is 8.78 Å². The first kappa shape index (κ1) is 7.12. The quantitative estimate of drug-likeness (QED) is 0.585. The molecule has 1 rings (SSSR count). The van der Waals surface area contributed by atoms with E-state index in [-0.39, 0.29) is 5.56 Å².